The Morgan fingerprint density at radius 2 is 2.06 bits per heavy atom. The molecule has 2 aromatic carbocycles. The lowest BCUT2D eigenvalue weighted by atomic mass is 9.85. The number of guanidine groups is 1. The van der Waals surface area contributed by atoms with E-state index < -0.39 is 11.4 Å². The van der Waals surface area contributed by atoms with Crippen LogP contribution in [0.25, 0.3) is 11.0 Å². The number of Topliss-reactive ketones (excluding diaryl/α,β-unsaturated/α-hetero) is 1. The zero-order valence-corrected chi connectivity index (χ0v) is 17.4. The van der Waals surface area contributed by atoms with Crippen molar-refractivity contribution in [1.29, 1.82) is 0 Å². The third-order valence-corrected chi connectivity index (χ3v) is 5.72. The molecule has 0 fully saturated rings. The van der Waals surface area contributed by atoms with Gasteiger partial charge in [0.2, 0.25) is 11.7 Å². The number of hydrogen-bond donors (Lipinski definition) is 2. The number of benzene rings is 2. The van der Waals surface area contributed by atoms with Gasteiger partial charge in [0.25, 0.3) is 0 Å². The van der Waals surface area contributed by atoms with Crippen molar-refractivity contribution < 1.29 is 23.5 Å². The summed E-state index contributed by atoms with van der Waals surface area (Å²) in [4.78, 5) is 30.8. The highest BCUT2D eigenvalue weighted by atomic mass is 19.1. The van der Waals surface area contributed by atoms with E-state index >= 15 is 0 Å². The topological polar surface area (TPSA) is 109 Å². The van der Waals surface area contributed by atoms with Gasteiger partial charge in [0, 0.05) is 30.0 Å². The normalized spacial score (nSPS) is 19.0. The number of phenolic OH excluding ortho intramolecular Hbond substituents is 1. The molecule has 0 saturated carbocycles. The zero-order valence-electron chi connectivity index (χ0n) is 17.4. The molecule has 160 valence electrons. The Morgan fingerprint density at radius 3 is 2.77 bits per heavy atom. The van der Waals surface area contributed by atoms with Crippen LogP contribution in [0.2, 0.25) is 0 Å². The summed E-state index contributed by atoms with van der Waals surface area (Å²) in [6.07, 6.45) is -0.0618. The van der Waals surface area contributed by atoms with Gasteiger partial charge in [-0.3, -0.25) is 14.5 Å². The number of amides is 1. The van der Waals surface area contributed by atoms with Gasteiger partial charge in [0.15, 0.2) is 11.7 Å². The molecule has 1 aliphatic rings. The van der Waals surface area contributed by atoms with Gasteiger partial charge in [-0.05, 0) is 49.7 Å². The largest absolute Gasteiger partial charge is 0.508 e. The first-order valence-corrected chi connectivity index (χ1v) is 9.75. The number of phenols is 1. The van der Waals surface area contributed by atoms with E-state index in [1.807, 2.05) is 0 Å². The predicted octanol–water partition coefficient (Wildman–Crippen LogP) is 3.40. The van der Waals surface area contributed by atoms with E-state index in [9.17, 15) is 19.1 Å². The standard InChI is InChI=1S/C23H22FN3O4/c1-12-15-10-14(28)5-7-19(15)31-21(12)18(29)9-13-4-6-17(24)16(8-13)23(2)11-20(30)27(3)22(25)26-23/h4-8,10,28H,9,11H2,1-3H3,(H2,25,26). The van der Waals surface area contributed by atoms with Crippen LogP contribution >= 0.6 is 0 Å². The van der Waals surface area contributed by atoms with Gasteiger partial charge in [-0.1, -0.05) is 6.07 Å². The molecule has 0 saturated heterocycles. The van der Waals surface area contributed by atoms with E-state index in [0.717, 1.165) is 0 Å². The number of fused-ring (bicyclic) bond motifs is 1. The number of ketones is 1. The first-order chi connectivity index (χ1) is 14.6. The Balaban J connectivity index is 1.67. The third kappa shape index (κ3) is 3.54. The van der Waals surface area contributed by atoms with Gasteiger partial charge in [0.1, 0.15) is 17.1 Å². The summed E-state index contributed by atoms with van der Waals surface area (Å²) < 4.78 is 20.4. The fourth-order valence-corrected chi connectivity index (χ4v) is 3.90. The highest BCUT2D eigenvalue weighted by Crippen LogP contribution is 2.35. The van der Waals surface area contributed by atoms with Crippen LogP contribution in [0, 0.1) is 12.7 Å². The van der Waals surface area contributed by atoms with Gasteiger partial charge in [-0.25, -0.2) is 9.38 Å². The van der Waals surface area contributed by atoms with E-state index in [0.29, 0.717) is 22.1 Å². The van der Waals surface area contributed by atoms with Crippen molar-refractivity contribution in [3.63, 3.8) is 0 Å². The van der Waals surface area contributed by atoms with Gasteiger partial charge < -0.3 is 15.3 Å². The maximum atomic E-state index is 14.7. The van der Waals surface area contributed by atoms with Crippen LogP contribution in [0.15, 0.2) is 45.8 Å². The number of carbonyl (C=O) groups excluding carboxylic acids is 2. The Kier molecular flexibility index (Phi) is 4.80. The SMILES string of the molecule is Cc1c(C(=O)Cc2ccc(F)c(C3(C)CC(=O)N(C)C(N)=N3)c2)oc2ccc(O)cc12. The summed E-state index contributed by atoms with van der Waals surface area (Å²) in [5, 5.41) is 10.3. The Labute approximate surface area is 178 Å². The van der Waals surface area contributed by atoms with E-state index in [1.165, 1.54) is 30.1 Å². The maximum absolute atomic E-state index is 14.7. The Bertz CT molecular complexity index is 1260. The quantitative estimate of drug-likeness (QED) is 0.625. The Morgan fingerprint density at radius 1 is 1.32 bits per heavy atom. The monoisotopic (exact) mass is 423 g/mol. The number of rotatable bonds is 4. The fraction of sp³-hybridized carbons (Fsp3) is 0.261. The van der Waals surface area contributed by atoms with Crippen LogP contribution < -0.4 is 5.73 Å². The van der Waals surface area contributed by atoms with E-state index in [-0.39, 0.29) is 47.6 Å². The maximum Gasteiger partial charge on any atom is 0.231 e. The summed E-state index contributed by atoms with van der Waals surface area (Å²) in [7, 11) is 1.52. The van der Waals surface area contributed by atoms with Crippen molar-refractivity contribution in [2.75, 3.05) is 7.05 Å². The van der Waals surface area contributed by atoms with Gasteiger partial charge in [-0.15, -0.1) is 0 Å². The number of aliphatic imine (C=N–C) groups is 1. The summed E-state index contributed by atoms with van der Waals surface area (Å²) >= 11 is 0. The lowest BCUT2D eigenvalue weighted by Crippen LogP contribution is -2.47. The number of aryl methyl sites for hydroxylation is 1. The first-order valence-electron chi connectivity index (χ1n) is 9.75. The number of nitrogens with zero attached hydrogens (tertiary/aromatic N) is 2. The second kappa shape index (κ2) is 7.23. The van der Waals surface area contributed by atoms with Crippen LogP contribution in [-0.4, -0.2) is 34.7 Å². The molecule has 31 heavy (non-hydrogen) atoms. The van der Waals surface area contributed by atoms with Crippen molar-refractivity contribution in [2.45, 2.75) is 32.2 Å². The molecule has 2 heterocycles. The zero-order chi connectivity index (χ0) is 22.5. The number of halogens is 1. The van der Waals surface area contributed by atoms with Crippen molar-refractivity contribution in [1.82, 2.24) is 4.90 Å². The molecule has 8 heteroatoms. The molecular formula is C23H22FN3O4. The summed E-state index contributed by atoms with van der Waals surface area (Å²) in [5.74, 6) is -0.784. The Hall–Kier alpha value is -3.68. The smallest absolute Gasteiger partial charge is 0.231 e. The molecular weight excluding hydrogens is 401 g/mol. The lowest BCUT2D eigenvalue weighted by molar-refractivity contribution is -0.128. The molecule has 1 amide bonds. The van der Waals surface area contributed by atoms with Gasteiger partial charge >= 0.3 is 0 Å². The van der Waals surface area contributed by atoms with Crippen molar-refractivity contribution in [2.24, 2.45) is 10.7 Å². The minimum Gasteiger partial charge on any atom is -0.508 e. The molecule has 4 rings (SSSR count). The lowest BCUT2D eigenvalue weighted by Gasteiger charge is -2.34. The molecule has 1 atom stereocenters. The predicted molar refractivity (Wildman–Crippen MR) is 113 cm³/mol. The van der Waals surface area contributed by atoms with Crippen LogP contribution in [0.4, 0.5) is 4.39 Å². The highest BCUT2D eigenvalue weighted by Gasteiger charge is 2.38. The molecule has 0 aliphatic carbocycles. The second-order valence-corrected chi connectivity index (χ2v) is 8.02. The highest BCUT2D eigenvalue weighted by molar-refractivity contribution is 6.01. The third-order valence-electron chi connectivity index (χ3n) is 5.72. The van der Waals surface area contributed by atoms with Crippen LogP contribution in [-0.2, 0) is 16.8 Å². The number of carbonyl (C=O) groups is 2. The fourth-order valence-electron chi connectivity index (χ4n) is 3.90. The molecule has 0 spiro atoms. The second-order valence-electron chi connectivity index (χ2n) is 8.02. The molecule has 7 nitrogen and oxygen atoms in total. The van der Waals surface area contributed by atoms with Crippen molar-refractivity contribution in [3.8, 4) is 5.75 Å². The average Bonchev–Trinajstić information content (AvgIpc) is 3.03. The van der Waals surface area contributed by atoms with E-state index in [4.69, 9.17) is 10.2 Å². The molecule has 1 unspecified atom stereocenters. The van der Waals surface area contributed by atoms with Crippen LogP contribution in [0.5, 0.6) is 5.75 Å². The van der Waals surface area contributed by atoms with Crippen LogP contribution in [0.3, 0.4) is 0 Å². The van der Waals surface area contributed by atoms with Crippen LogP contribution in [0.1, 0.15) is 40.6 Å². The molecule has 3 aromatic rings. The van der Waals surface area contributed by atoms with Gasteiger partial charge in [0.05, 0.1) is 12.0 Å². The van der Waals surface area contributed by atoms with E-state index in [2.05, 4.69) is 4.99 Å². The van der Waals surface area contributed by atoms with Gasteiger partial charge in [-0.2, -0.15) is 0 Å². The summed E-state index contributed by atoms with van der Waals surface area (Å²) in [6, 6.07) is 8.97. The molecule has 3 N–H and O–H groups in total. The summed E-state index contributed by atoms with van der Waals surface area (Å²) in [6.45, 7) is 3.39. The number of nitrogens with two attached hydrogens (primary N) is 1. The average molecular weight is 423 g/mol. The first kappa shape index (κ1) is 20.6. The molecule has 0 bridgehead atoms. The van der Waals surface area contributed by atoms with Crippen molar-refractivity contribution >= 4 is 28.6 Å². The molecule has 0 radical (unpaired) electrons. The molecule has 1 aromatic heterocycles. The summed E-state index contributed by atoms with van der Waals surface area (Å²) in [5.41, 5.74) is 6.57. The minimum absolute atomic E-state index is 0.0146. The molecule has 1 aliphatic heterocycles. The van der Waals surface area contributed by atoms with Crippen molar-refractivity contribution in [3.05, 3.63) is 64.7 Å². The van der Waals surface area contributed by atoms with E-state index in [1.54, 1.807) is 32.0 Å². The number of hydrogen-bond acceptors (Lipinski definition) is 6. The number of furan rings is 1. The minimum atomic E-state index is -1.16. The number of aromatic hydroxyl groups is 1.